The van der Waals surface area contributed by atoms with E-state index in [0.717, 1.165) is 43.9 Å². The van der Waals surface area contributed by atoms with Crippen molar-refractivity contribution in [2.75, 3.05) is 31.2 Å². The van der Waals surface area contributed by atoms with Crippen LogP contribution in [0, 0.1) is 0 Å². The SMILES string of the molecule is OCCOc1cncc(N2CCC3(CCc4ccccc4O3)C2)n1. The lowest BCUT2D eigenvalue weighted by molar-refractivity contribution is 0.0682. The first kappa shape index (κ1) is 15.2. The van der Waals surface area contributed by atoms with E-state index in [1.165, 1.54) is 5.56 Å². The molecule has 2 aliphatic heterocycles. The fourth-order valence-corrected chi connectivity index (χ4v) is 3.49. The quantitative estimate of drug-likeness (QED) is 0.924. The highest BCUT2D eigenvalue weighted by Gasteiger charge is 2.43. The summed E-state index contributed by atoms with van der Waals surface area (Å²) in [6.45, 7) is 1.88. The van der Waals surface area contributed by atoms with Crippen molar-refractivity contribution < 1.29 is 14.6 Å². The molecule has 3 heterocycles. The minimum absolute atomic E-state index is 0.0357. The van der Waals surface area contributed by atoms with E-state index in [1.54, 1.807) is 12.4 Å². The van der Waals surface area contributed by atoms with Crippen LogP contribution in [0.15, 0.2) is 36.7 Å². The largest absolute Gasteiger partial charge is 0.485 e. The highest BCUT2D eigenvalue weighted by Crippen LogP contribution is 2.39. The van der Waals surface area contributed by atoms with Crippen molar-refractivity contribution in [2.45, 2.75) is 24.9 Å². The molecule has 0 amide bonds. The second-order valence-corrected chi connectivity index (χ2v) is 6.35. The summed E-state index contributed by atoms with van der Waals surface area (Å²) in [7, 11) is 0. The van der Waals surface area contributed by atoms with Gasteiger partial charge in [0.2, 0.25) is 5.88 Å². The smallest absolute Gasteiger partial charge is 0.234 e. The minimum Gasteiger partial charge on any atom is -0.485 e. The van der Waals surface area contributed by atoms with Crippen LogP contribution in [-0.2, 0) is 6.42 Å². The summed E-state index contributed by atoms with van der Waals surface area (Å²) in [6.07, 6.45) is 6.37. The lowest BCUT2D eigenvalue weighted by Crippen LogP contribution is -2.42. The van der Waals surface area contributed by atoms with E-state index in [-0.39, 0.29) is 18.8 Å². The lowest BCUT2D eigenvalue weighted by Gasteiger charge is -2.35. The first-order valence-electron chi connectivity index (χ1n) is 8.36. The van der Waals surface area contributed by atoms with Crippen LogP contribution < -0.4 is 14.4 Å². The number of nitrogens with zero attached hydrogens (tertiary/aromatic N) is 3. The van der Waals surface area contributed by atoms with Gasteiger partial charge in [-0.25, -0.2) is 0 Å². The van der Waals surface area contributed by atoms with Crippen LogP contribution >= 0.6 is 0 Å². The van der Waals surface area contributed by atoms with Crippen LogP contribution in [0.4, 0.5) is 5.82 Å². The van der Waals surface area contributed by atoms with Gasteiger partial charge < -0.3 is 19.5 Å². The Morgan fingerprint density at radius 2 is 2.17 bits per heavy atom. The standard InChI is InChI=1S/C18H21N3O3/c22-9-10-23-17-12-19-11-16(20-17)21-8-7-18(13-21)6-5-14-3-1-2-4-15(14)24-18/h1-4,11-12,22H,5-10,13H2. The average Bonchev–Trinajstić information content (AvgIpc) is 3.03. The number of benzene rings is 1. The number of rotatable bonds is 4. The number of fused-ring (bicyclic) bond motifs is 1. The molecular formula is C18H21N3O3. The second kappa shape index (κ2) is 6.28. The Kier molecular flexibility index (Phi) is 3.98. The Morgan fingerprint density at radius 1 is 1.25 bits per heavy atom. The predicted molar refractivity (Wildman–Crippen MR) is 89.6 cm³/mol. The molecule has 24 heavy (non-hydrogen) atoms. The van der Waals surface area contributed by atoms with Crippen LogP contribution in [0.3, 0.4) is 0 Å². The maximum Gasteiger partial charge on any atom is 0.234 e. The number of anilines is 1. The van der Waals surface area contributed by atoms with Crippen molar-refractivity contribution in [3.63, 3.8) is 0 Å². The molecule has 6 heteroatoms. The Hall–Kier alpha value is -2.34. The molecule has 2 aromatic rings. The fraction of sp³-hybridized carbons (Fsp3) is 0.444. The number of hydrogen-bond donors (Lipinski definition) is 1. The number of aliphatic hydroxyl groups is 1. The number of aryl methyl sites for hydroxylation is 1. The van der Waals surface area contributed by atoms with Gasteiger partial charge in [-0.2, -0.15) is 4.98 Å². The molecule has 2 aliphatic rings. The van der Waals surface area contributed by atoms with Crippen LogP contribution in [-0.4, -0.2) is 47.0 Å². The third-order valence-corrected chi connectivity index (χ3v) is 4.73. The zero-order valence-corrected chi connectivity index (χ0v) is 13.5. The molecular weight excluding hydrogens is 306 g/mol. The summed E-state index contributed by atoms with van der Waals surface area (Å²) >= 11 is 0. The first-order chi connectivity index (χ1) is 11.8. The van der Waals surface area contributed by atoms with Gasteiger partial charge in [0, 0.05) is 13.0 Å². The molecule has 1 N–H and O–H groups in total. The molecule has 1 saturated heterocycles. The number of aromatic nitrogens is 2. The van der Waals surface area contributed by atoms with Gasteiger partial charge in [-0.3, -0.25) is 4.98 Å². The second-order valence-electron chi connectivity index (χ2n) is 6.35. The lowest BCUT2D eigenvalue weighted by atomic mass is 9.90. The molecule has 1 aromatic carbocycles. The van der Waals surface area contributed by atoms with E-state index in [4.69, 9.17) is 14.6 Å². The Balaban J connectivity index is 1.49. The normalized spacial score (nSPS) is 22.3. The molecule has 1 fully saturated rings. The van der Waals surface area contributed by atoms with E-state index < -0.39 is 0 Å². The molecule has 4 rings (SSSR count). The van der Waals surface area contributed by atoms with Gasteiger partial charge in [0.1, 0.15) is 18.0 Å². The maximum atomic E-state index is 8.85. The molecule has 0 radical (unpaired) electrons. The summed E-state index contributed by atoms with van der Waals surface area (Å²) < 4.78 is 11.7. The molecule has 0 aliphatic carbocycles. The van der Waals surface area contributed by atoms with Crippen molar-refractivity contribution >= 4 is 5.82 Å². The molecule has 126 valence electrons. The fourth-order valence-electron chi connectivity index (χ4n) is 3.49. The molecule has 1 spiro atoms. The van der Waals surface area contributed by atoms with Gasteiger partial charge in [-0.1, -0.05) is 18.2 Å². The summed E-state index contributed by atoms with van der Waals surface area (Å²) in [5.41, 5.74) is 1.15. The number of hydrogen-bond acceptors (Lipinski definition) is 6. The van der Waals surface area contributed by atoms with Crippen molar-refractivity contribution in [3.8, 4) is 11.6 Å². The van der Waals surface area contributed by atoms with Crippen molar-refractivity contribution in [1.29, 1.82) is 0 Å². The summed E-state index contributed by atoms with van der Waals surface area (Å²) in [5.74, 6) is 2.25. The monoisotopic (exact) mass is 327 g/mol. The van der Waals surface area contributed by atoms with Crippen molar-refractivity contribution in [1.82, 2.24) is 9.97 Å². The third kappa shape index (κ3) is 2.89. The van der Waals surface area contributed by atoms with E-state index in [2.05, 4.69) is 33.1 Å². The van der Waals surface area contributed by atoms with Gasteiger partial charge in [0.25, 0.3) is 0 Å². The maximum absolute atomic E-state index is 8.85. The first-order valence-corrected chi connectivity index (χ1v) is 8.36. The summed E-state index contributed by atoms with van der Waals surface area (Å²) in [5, 5.41) is 8.85. The van der Waals surface area contributed by atoms with Gasteiger partial charge >= 0.3 is 0 Å². The van der Waals surface area contributed by atoms with Crippen LogP contribution in [0.1, 0.15) is 18.4 Å². The van der Waals surface area contributed by atoms with E-state index in [0.29, 0.717) is 5.88 Å². The highest BCUT2D eigenvalue weighted by molar-refractivity contribution is 5.42. The zero-order valence-electron chi connectivity index (χ0n) is 13.5. The Bertz CT molecular complexity index is 724. The minimum atomic E-state index is -0.141. The third-order valence-electron chi connectivity index (χ3n) is 4.73. The summed E-state index contributed by atoms with van der Waals surface area (Å²) in [6, 6.07) is 8.29. The van der Waals surface area contributed by atoms with Crippen molar-refractivity contribution in [2.24, 2.45) is 0 Å². The van der Waals surface area contributed by atoms with Gasteiger partial charge in [-0.05, 0) is 24.5 Å². The topological polar surface area (TPSA) is 67.7 Å². The van der Waals surface area contributed by atoms with E-state index >= 15 is 0 Å². The number of para-hydroxylation sites is 1. The number of ether oxygens (including phenoxy) is 2. The highest BCUT2D eigenvalue weighted by atomic mass is 16.5. The Labute approximate surface area is 141 Å². The van der Waals surface area contributed by atoms with E-state index in [9.17, 15) is 0 Å². The molecule has 1 aromatic heterocycles. The molecule has 6 nitrogen and oxygen atoms in total. The van der Waals surface area contributed by atoms with Gasteiger partial charge in [-0.15, -0.1) is 0 Å². The molecule has 0 bridgehead atoms. The number of aliphatic hydroxyl groups excluding tert-OH is 1. The van der Waals surface area contributed by atoms with Crippen LogP contribution in [0.2, 0.25) is 0 Å². The molecule has 1 atom stereocenters. The van der Waals surface area contributed by atoms with Gasteiger partial charge in [0.05, 0.1) is 25.5 Å². The Morgan fingerprint density at radius 3 is 3.08 bits per heavy atom. The zero-order chi connectivity index (χ0) is 16.4. The van der Waals surface area contributed by atoms with Crippen LogP contribution in [0.5, 0.6) is 11.6 Å². The predicted octanol–water partition coefficient (Wildman–Crippen LogP) is 1.82. The molecule has 1 unspecified atom stereocenters. The van der Waals surface area contributed by atoms with Gasteiger partial charge in [0.15, 0.2) is 5.82 Å². The van der Waals surface area contributed by atoms with E-state index in [1.807, 2.05) is 6.07 Å². The molecule has 0 saturated carbocycles. The van der Waals surface area contributed by atoms with Crippen molar-refractivity contribution in [3.05, 3.63) is 42.2 Å². The summed E-state index contributed by atoms with van der Waals surface area (Å²) in [4.78, 5) is 10.9. The van der Waals surface area contributed by atoms with Crippen LogP contribution in [0.25, 0.3) is 0 Å². The average molecular weight is 327 g/mol.